The molecule has 10 atom stereocenters. The van der Waals surface area contributed by atoms with Crippen LogP contribution in [-0.4, -0.2) is 128 Å². The first-order chi connectivity index (χ1) is 23.9. The predicted molar refractivity (Wildman–Crippen MR) is 163 cm³/mol. The van der Waals surface area contributed by atoms with Crippen molar-refractivity contribution in [1.29, 1.82) is 0 Å². The van der Waals surface area contributed by atoms with Crippen molar-refractivity contribution in [2.75, 3.05) is 13.2 Å². The minimum absolute atomic E-state index is 0.135. The van der Waals surface area contributed by atoms with E-state index < -0.39 is 114 Å². The van der Waals surface area contributed by atoms with Crippen LogP contribution in [0.25, 0.3) is 0 Å². The molecule has 280 valence electrons. The van der Waals surface area contributed by atoms with Gasteiger partial charge in [-0.05, 0) is 19.1 Å². The Labute approximate surface area is 291 Å². The maximum atomic E-state index is 13.9. The number of rotatable bonds is 13. The quantitative estimate of drug-likeness (QED) is 0.0640. The zero-order valence-electron chi connectivity index (χ0n) is 28.0. The van der Waals surface area contributed by atoms with Crippen LogP contribution in [0.2, 0.25) is 0 Å². The molecule has 2 amide bonds. The van der Waals surface area contributed by atoms with Gasteiger partial charge in [-0.2, -0.15) is 0 Å². The highest BCUT2D eigenvalue weighted by molar-refractivity contribution is 7.80. The summed E-state index contributed by atoms with van der Waals surface area (Å²) in [5.41, 5.74) is -0.270. The fourth-order valence-electron chi connectivity index (χ4n) is 5.92. The average Bonchev–Trinajstić information content (AvgIpc) is 3.27. The van der Waals surface area contributed by atoms with Gasteiger partial charge in [0.25, 0.3) is 11.8 Å². The van der Waals surface area contributed by atoms with Crippen molar-refractivity contribution >= 4 is 46.1 Å². The standard InChI is InChI=1S/C31H37NO18S/c1-7-12-42-31-27(47-18(6)36)26(23(14(2)44-31)45-16(4)34)49-30-22(32-28(37)19-10-8-9-11-20(19)29(32)38)25(50-51(39,40)41)24(46-17(5)35)21(48-30)13-43-15(3)33/h7-11,14,21-27,30-31H,1,12-13H2,2-6H3,(H,39,40,41)/p-1/t14-,21+,22+,23+,24+,25+,26+,27-,30-,31-/m0/s1. The number of fused-ring (bicyclic) bond motifs is 1. The summed E-state index contributed by atoms with van der Waals surface area (Å²) in [6.07, 6.45) is -13.8. The molecule has 20 heteroatoms. The number of esters is 4. The minimum Gasteiger partial charge on any atom is -0.726 e. The Bertz CT molecular complexity index is 1610. The van der Waals surface area contributed by atoms with Crippen LogP contribution in [0.3, 0.4) is 0 Å². The highest BCUT2D eigenvalue weighted by Gasteiger charge is 2.60. The molecule has 0 radical (unpaired) electrons. The molecule has 2 saturated heterocycles. The second-order valence-electron chi connectivity index (χ2n) is 11.5. The van der Waals surface area contributed by atoms with Gasteiger partial charge in [0.2, 0.25) is 10.4 Å². The molecule has 0 bridgehead atoms. The first kappa shape index (κ1) is 39.5. The summed E-state index contributed by atoms with van der Waals surface area (Å²) >= 11 is 0. The maximum Gasteiger partial charge on any atom is 0.303 e. The number of benzene rings is 1. The molecule has 0 aromatic heterocycles. The SMILES string of the molecule is C=CCO[C@H]1O[C@@H](C)[C@@H](OC(C)=O)[C@@H](O[C@@H]2O[C@H](COC(C)=O)[C@@H](OC(C)=O)[C@H](OS(=O)(=O)[O-])[C@H]2N2C(=O)c3ccccc3C2=O)[C@@H]1OC(C)=O. The summed E-state index contributed by atoms with van der Waals surface area (Å²) in [7, 11) is -5.75. The van der Waals surface area contributed by atoms with Crippen molar-refractivity contribution in [2.45, 2.75) is 96.0 Å². The molecule has 4 rings (SSSR count). The van der Waals surface area contributed by atoms with Gasteiger partial charge in [0.05, 0.1) is 23.8 Å². The van der Waals surface area contributed by atoms with E-state index in [0.29, 0.717) is 4.90 Å². The van der Waals surface area contributed by atoms with Gasteiger partial charge in [0.15, 0.2) is 30.9 Å². The summed E-state index contributed by atoms with van der Waals surface area (Å²) in [5, 5.41) is 0. The van der Waals surface area contributed by atoms with E-state index in [1.807, 2.05) is 0 Å². The van der Waals surface area contributed by atoms with Gasteiger partial charge in [-0.3, -0.25) is 37.9 Å². The third kappa shape index (κ3) is 9.33. The smallest absolute Gasteiger partial charge is 0.303 e. The average molecular weight is 743 g/mol. The topological polar surface area (TPSA) is 246 Å². The van der Waals surface area contributed by atoms with Crippen LogP contribution < -0.4 is 0 Å². The zero-order valence-corrected chi connectivity index (χ0v) is 28.8. The minimum atomic E-state index is -5.75. The zero-order chi connectivity index (χ0) is 37.8. The largest absolute Gasteiger partial charge is 0.726 e. The van der Waals surface area contributed by atoms with Crippen LogP contribution in [0.15, 0.2) is 36.9 Å². The van der Waals surface area contributed by atoms with Gasteiger partial charge in [0.1, 0.15) is 31.0 Å². The van der Waals surface area contributed by atoms with E-state index in [2.05, 4.69) is 6.58 Å². The lowest BCUT2D eigenvalue weighted by Gasteiger charge is -2.50. The molecule has 19 nitrogen and oxygen atoms in total. The molecule has 3 heterocycles. The Balaban J connectivity index is 1.94. The van der Waals surface area contributed by atoms with Crippen molar-refractivity contribution in [3.8, 4) is 0 Å². The Morgan fingerprint density at radius 1 is 0.824 bits per heavy atom. The predicted octanol–water partition coefficient (Wildman–Crippen LogP) is -0.0877. The highest BCUT2D eigenvalue weighted by Crippen LogP contribution is 2.39. The summed E-state index contributed by atoms with van der Waals surface area (Å²) in [6.45, 7) is 8.17. The van der Waals surface area contributed by atoms with Gasteiger partial charge < -0.3 is 42.4 Å². The van der Waals surface area contributed by atoms with Crippen LogP contribution in [0.5, 0.6) is 0 Å². The van der Waals surface area contributed by atoms with Crippen molar-refractivity contribution in [3.05, 3.63) is 48.0 Å². The van der Waals surface area contributed by atoms with E-state index in [1.54, 1.807) is 0 Å². The molecule has 3 aliphatic rings. The van der Waals surface area contributed by atoms with E-state index in [0.717, 1.165) is 27.7 Å². The third-order valence-electron chi connectivity index (χ3n) is 7.72. The second-order valence-corrected chi connectivity index (χ2v) is 12.5. The number of hydrogen-bond donors (Lipinski definition) is 0. The van der Waals surface area contributed by atoms with Gasteiger partial charge >= 0.3 is 23.9 Å². The van der Waals surface area contributed by atoms with Crippen molar-refractivity contribution in [1.82, 2.24) is 4.90 Å². The lowest BCUT2D eigenvalue weighted by molar-refractivity contribution is -0.347. The summed E-state index contributed by atoms with van der Waals surface area (Å²) < 4.78 is 87.0. The number of nitrogens with zero attached hydrogens (tertiary/aromatic N) is 1. The summed E-state index contributed by atoms with van der Waals surface area (Å²) in [6, 6.07) is 3.42. The maximum absolute atomic E-state index is 13.9. The molecule has 0 spiro atoms. The number of amides is 2. The van der Waals surface area contributed by atoms with Gasteiger partial charge in [-0.15, -0.1) is 6.58 Å². The van der Waals surface area contributed by atoms with Crippen molar-refractivity contribution < 1.29 is 83.8 Å². The molecule has 0 aliphatic carbocycles. The number of carbonyl (C=O) groups excluding carboxylic acids is 6. The third-order valence-corrected chi connectivity index (χ3v) is 8.18. The number of hydrogen-bond acceptors (Lipinski definition) is 18. The molecule has 1 aromatic carbocycles. The van der Waals surface area contributed by atoms with Crippen molar-refractivity contribution in [2.24, 2.45) is 0 Å². The number of imide groups is 1. The van der Waals surface area contributed by atoms with E-state index in [4.69, 9.17) is 42.1 Å². The monoisotopic (exact) mass is 742 g/mol. The Kier molecular flexibility index (Phi) is 12.7. The van der Waals surface area contributed by atoms with Crippen LogP contribution in [0.1, 0.15) is 55.3 Å². The first-order valence-corrected chi connectivity index (χ1v) is 16.7. The normalized spacial score (nSPS) is 30.6. The molecular formula is C31H36NO18S-. The fourth-order valence-corrected chi connectivity index (χ4v) is 6.41. The molecule has 2 fully saturated rings. The molecule has 51 heavy (non-hydrogen) atoms. The van der Waals surface area contributed by atoms with Crippen LogP contribution in [0.4, 0.5) is 0 Å². The lowest BCUT2D eigenvalue weighted by Crippen LogP contribution is -2.70. The Morgan fingerprint density at radius 3 is 1.88 bits per heavy atom. The van der Waals surface area contributed by atoms with Gasteiger partial charge in [-0.1, -0.05) is 18.2 Å². The number of ether oxygens (including phenoxy) is 8. The van der Waals surface area contributed by atoms with E-state index in [9.17, 15) is 41.7 Å². The second kappa shape index (κ2) is 16.4. The van der Waals surface area contributed by atoms with Crippen LogP contribution in [-0.2, 0) is 71.7 Å². The van der Waals surface area contributed by atoms with Crippen LogP contribution in [0, 0.1) is 0 Å². The summed E-state index contributed by atoms with van der Waals surface area (Å²) in [4.78, 5) is 77.0. The van der Waals surface area contributed by atoms with E-state index in [-0.39, 0.29) is 17.7 Å². The molecule has 0 N–H and O–H groups in total. The highest BCUT2D eigenvalue weighted by atomic mass is 32.3. The lowest BCUT2D eigenvalue weighted by atomic mass is 9.94. The van der Waals surface area contributed by atoms with E-state index in [1.165, 1.54) is 37.3 Å². The Morgan fingerprint density at radius 2 is 1.37 bits per heavy atom. The first-order valence-electron chi connectivity index (χ1n) is 15.4. The summed E-state index contributed by atoms with van der Waals surface area (Å²) in [5.74, 6) is -5.69. The van der Waals surface area contributed by atoms with Crippen molar-refractivity contribution in [3.63, 3.8) is 0 Å². The molecule has 0 saturated carbocycles. The van der Waals surface area contributed by atoms with E-state index >= 15 is 0 Å². The molecular weight excluding hydrogens is 706 g/mol. The fraction of sp³-hybridized carbons (Fsp3) is 0.548. The van der Waals surface area contributed by atoms with Crippen LogP contribution >= 0.6 is 0 Å². The van der Waals surface area contributed by atoms with Gasteiger partial charge in [0, 0.05) is 27.7 Å². The number of carbonyl (C=O) groups is 6. The molecule has 1 aromatic rings. The van der Waals surface area contributed by atoms with Gasteiger partial charge in [-0.25, -0.2) is 8.42 Å². The Hall–Kier alpha value is -4.31. The molecule has 3 aliphatic heterocycles. The molecule has 0 unspecified atom stereocenters.